The molecular formula is C11H16FN3O. The molecule has 0 aromatic carbocycles. The van der Waals surface area contributed by atoms with Gasteiger partial charge in [-0.05, 0) is 25.5 Å². The Hall–Kier alpha value is -1.49. The number of nitrogens with two attached hydrogens (primary N) is 1. The Morgan fingerprint density at radius 1 is 1.62 bits per heavy atom. The van der Waals surface area contributed by atoms with Crippen molar-refractivity contribution in [2.24, 2.45) is 11.7 Å². The number of hydrogen-bond acceptors (Lipinski definition) is 3. The molecule has 1 aromatic heterocycles. The Bertz CT molecular complexity index is 370. The summed E-state index contributed by atoms with van der Waals surface area (Å²) in [4.78, 5) is 15.3. The second-order valence-electron chi connectivity index (χ2n) is 3.83. The van der Waals surface area contributed by atoms with Crippen molar-refractivity contribution in [3.8, 4) is 0 Å². The molecule has 0 fully saturated rings. The number of carbonyl (C=O) groups excluding carboxylic acids is 1. The fourth-order valence-electron chi connectivity index (χ4n) is 1.19. The molecule has 0 bridgehead atoms. The molecule has 2 atom stereocenters. The maximum absolute atomic E-state index is 13.2. The van der Waals surface area contributed by atoms with E-state index in [0.29, 0.717) is 6.54 Å². The van der Waals surface area contributed by atoms with Crippen LogP contribution in [0.5, 0.6) is 0 Å². The van der Waals surface area contributed by atoms with Crippen molar-refractivity contribution >= 4 is 5.91 Å². The number of rotatable bonds is 4. The van der Waals surface area contributed by atoms with E-state index in [1.165, 1.54) is 12.3 Å². The zero-order chi connectivity index (χ0) is 12.1. The first-order valence-corrected chi connectivity index (χ1v) is 5.16. The van der Waals surface area contributed by atoms with Crippen molar-refractivity contribution in [2.75, 3.05) is 6.54 Å². The van der Waals surface area contributed by atoms with Gasteiger partial charge in [-0.25, -0.2) is 4.39 Å². The molecule has 0 aliphatic carbocycles. The lowest BCUT2D eigenvalue weighted by Crippen LogP contribution is -2.40. The fraction of sp³-hybridized carbons (Fsp3) is 0.455. The average molecular weight is 225 g/mol. The minimum Gasteiger partial charge on any atom is -0.349 e. The lowest BCUT2D eigenvalue weighted by Gasteiger charge is -2.19. The van der Waals surface area contributed by atoms with Gasteiger partial charge in [-0.2, -0.15) is 0 Å². The highest BCUT2D eigenvalue weighted by atomic mass is 19.1. The van der Waals surface area contributed by atoms with E-state index in [9.17, 15) is 9.18 Å². The summed E-state index contributed by atoms with van der Waals surface area (Å²) in [6, 6.07) is 1.26. The van der Waals surface area contributed by atoms with Crippen LogP contribution in [0.3, 0.4) is 0 Å². The fourth-order valence-corrected chi connectivity index (χ4v) is 1.19. The van der Waals surface area contributed by atoms with Gasteiger partial charge in [-0.1, -0.05) is 6.92 Å². The average Bonchev–Trinajstić information content (AvgIpc) is 2.28. The molecule has 1 amide bonds. The number of nitrogens with zero attached hydrogens (tertiary/aromatic N) is 1. The van der Waals surface area contributed by atoms with Crippen LogP contribution in [0.25, 0.3) is 0 Å². The zero-order valence-electron chi connectivity index (χ0n) is 9.40. The second-order valence-corrected chi connectivity index (χ2v) is 3.83. The first-order valence-electron chi connectivity index (χ1n) is 5.16. The summed E-state index contributed by atoms with van der Waals surface area (Å²) >= 11 is 0. The van der Waals surface area contributed by atoms with E-state index in [1.54, 1.807) is 0 Å². The molecule has 0 aliphatic rings. The van der Waals surface area contributed by atoms with Crippen LogP contribution in [0.2, 0.25) is 0 Å². The van der Waals surface area contributed by atoms with Gasteiger partial charge in [-0.3, -0.25) is 9.78 Å². The normalized spacial score (nSPS) is 14.2. The molecule has 88 valence electrons. The van der Waals surface area contributed by atoms with Gasteiger partial charge in [0, 0.05) is 12.2 Å². The number of halogens is 1. The summed E-state index contributed by atoms with van der Waals surface area (Å²) in [5, 5.41) is 2.70. The van der Waals surface area contributed by atoms with Crippen molar-refractivity contribution in [1.29, 1.82) is 0 Å². The van der Waals surface area contributed by atoms with Gasteiger partial charge in [0.1, 0.15) is 0 Å². The Labute approximate surface area is 94.1 Å². The summed E-state index contributed by atoms with van der Waals surface area (Å²) in [6.45, 7) is 4.24. The first-order chi connectivity index (χ1) is 7.56. The summed E-state index contributed by atoms with van der Waals surface area (Å²) in [7, 11) is 0. The van der Waals surface area contributed by atoms with Gasteiger partial charge in [-0.15, -0.1) is 0 Å². The van der Waals surface area contributed by atoms with Crippen molar-refractivity contribution in [3.63, 3.8) is 0 Å². The van der Waals surface area contributed by atoms with Crippen LogP contribution < -0.4 is 11.1 Å². The number of nitrogens with one attached hydrogen (secondary N) is 1. The first kappa shape index (κ1) is 12.6. The maximum atomic E-state index is 13.2. The highest BCUT2D eigenvalue weighted by Crippen LogP contribution is 2.06. The summed E-state index contributed by atoms with van der Waals surface area (Å²) in [5.74, 6) is -0.908. The predicted molar refractivity (Wildman–Crippen MR) is 59.3 cm³/mol. The highest BCUT2D eigenvalue weighted by Gasteiger charge is 2.16. The van der Waals surface area contributed by atoms with Crippen LogP contribution in [0.15, 0.2) is 18.5 Å². The van der Waals surface area contributed by atoms with E-state index in [0.717, 1.165) is 6.20 Å². The van der Waals surface area contributed by atoms with Crippen LogP contribution in [0.4, 0.5) is 4.39 Å². The summed E-state index contributed by atoms with van der Waals surface area (Å²) in [5.41, 5.74) is 5.49. The van der Waals surface area contributed by atoms with Crippen LogP contribution in [-0.2, 0) is 0 Å². The SMILES string of the molecule is CC(CN)C(C)NC(=O)c1ccncc1F. The lowest BCUT2D eigenvalue weighted by atomic mass is 10.0. The minimum atomic E-state index is -0.618. The van der Waals surface area contributed by atoms with Gasteiger partial charge >= 0.3 is 0 Å². The molecule has 0 aliphatic heterocycles. The Morgan fingerprint density at radius 2 is 2.31 bits per heavy atom. The molecule has 1 rings (SSSR count). The number of aromatic nitrogens is 1. The zero-order valence-corrected chi connectivity index (χ0v) is 9.40. The molecule has 0 radical (unpaired) electrons. The topological polar surface area (TPSA) is 68.0 Å². The van der Waals surface area contributed by atoms with Gasteiger partial charge in [0.2, 0.25) is 0 Å². The van der Waals surface area contributed by atoms with E-state index in [4.69, 9.17) is 5.73 Å². The molecule has 3 N–H and O–H groups in total. The Morgan fingerprint density at radius 3 is 2.88 bits per heavy atom. The minimum absolute atomic E-state index is 0.00562. The van der Waals surface area contributed by atoms with Crippen LogP contribution in [0.1, 0.15) is 24.2 Å². The smallest absolute Gasteiger partial charge is 0.254 e. The van der Waals surface area contributed by atoms with Gasteiger partial charge in [0.05, 0.1) is 11.8 Å². The third-order valence-electron chi connectivity index (χ3n) is 2.60. The second kappa shape index (κ2) is 5.55. The van der Waals surface area contributed by atoms with Gasteiger partial charge in [0.15, 0.2) is 5.82 Å². The Balaban J connectivity index is 2.70. The van der Waals surface area contributed by atoms with Crippen LogP contribution in [0, 0.1) is 11.7 Å². The molecule has 0 saturated heterocycles. The molecule has 16 heavy (non-hydrogen) atoms. The number of hydrogen-bond donors (Lipinski definition) is 2. The summed E-state index contributed by atoms with van der Waals surface area (Å²) in [6.07, 6.45) is 2.40. The molecule has 0 saturated carbocycles. The van der Waals surface area contributed by atoms with Crippen LogP contribution in [-0.4, -0.2) is 23.5 Å². The van der Waals surface area contributed by atoms with E-state index in [-0.39, 0.29) is 17.5 Å². The standard InChI is InChI=1S/C11H16FN3O/c1-7(5-13)8(2)15-11(16)9-3-4-14-6-10(9)12/h3-4,6-8H,5,13H2,1-2H3,(H,15,16). The lowest BCUT2D eigenvalue weighted by molar-refractivity contribution is 0.0925. The molecular weight excluding hydrogens is 209 g/mol. The van der Waals surface area contributed by atoms with Crippen molar-refractivity contribution in [3.05, 3.63) is 29.8 Å². The molecule has 2 unspecified atom stereocenters. The molecule has 0 spiro atoms. The van der Waals surface area contributed by atoms with E-state index >= 15 is 0 Å². The molecule has 1 heterocycles. The predicted octanol–water partition coefficient (Wildman–Crippen LogP) is 0.934. The monoisotopic (exact) mass is 225 g/mol. The van der Waals surface area contributed by atoms with E-state index in [2.05, 4.69) is 10.3 Å². The largest absolute Gasteiger partial charge is 0.349 e. The number of amides is 1. The van der Waals surface area contributed by atoms with Gasteiger partial charge < -0.3 is 11.1 Å². The number of pyridine rings is 1. The van der Waals surface area contributed by atoms with Crippen molar-refractivity contribution in [2.45, 2.75) is 19.9 Å². The molecule has 5 heteroatoms. The third-order valence-corrected chi connectivity index (χ3v) is 2.60. The molecule has 1 aromatic rings. The van der Waals surface area contributed by atoms with E-state index in [1.807, 2.05) is 13.8 Å². The van der Waals surface area contributed by atoms with Gasteiger partial charge in [0.25, 0.3) is 5.91 Å². The van der Waals surface area contributed by atoms with Crippen molar-refractivity contribution in [1.82, 2.24) is 10.3 Å². The third kappa shape index (κ3) is 3.00. The summed E-state index contributed by atoms with van der Waals surface area (Å²) < 4.78 is 13.2. The number of carbonyl (C=O) groups is 1. The Kier molecular flexibility index (Phi) is 4.37. The van der Waals surface area contributed by atoms with Crippen molar-refractivity contribution < 1.29 is 9.18 Å². The maximum Gasteiger partial charge on any atom is 0.254 e. The van der Waals surface area contributed by atoms with Crippen LogP contribution >= 0.6 is 0 Å². The van der Waals surface area contributed by atoms with E-state index < -0.39 is 11.7 Å². The quantitative estimate of drug-likeness (QED) is 0.801. The highest BCUT2D eigenvalue weighted by molar-refractivity contribution is 5.94. The molecule has 4 nitrogen and oxygen atoms in total.